The van der Waals surface area contributed by atoms with Crippen LogP contribution in [-0.4, -0.2) is 11.6 Å². The molecule has 1 heterocycles. The Balaban J connectivity index is 2.13. The normalized spacial score (nSPS) is 11.4. The minimum absolute atomic E-state index is 0.542. The molecule has 0 aliphatic heterocycles. The van der Waals surface area contributed by atoms with Gasteiger partial charge in [0.2, 0.25) is 0 Å². The number of thiazole rings is 1. The van der Waals surface area contributed by atoms with Gasteiger partial charge in [-0.05, 0) is 25.5 Å². The second-order valence-electron chi connectivity index (χ2n) is 5.89. The molecule has 140 valence electrons. The van der Waals surface area contributed by atoms with Gasteiger partial charge in [0, 0.05) is 22.7 Å². The molecule has 2 rings (SSSR count). The topological polar surface area (TPSA) is 57.9 Å². The van der Waals surface area contributed by atoms with E-state index < -0.39 is 0 Å². The Morgan fingerprint density at radius 1 is 1.41 bits per heavy atom. The largest absolute Gasteiger partial charge is 0.492 e. The molecular formula is C22H25N3OS. The van der Waals surface area contributed by atoms with Crippen molar-refractivity contribution in [2.45, 2.75) is 33.1 Å². The number of anilines is 2. The summed E-state index contributed by atoms with van der Waals surface area (Å²) in [6, 6.07) is 7.67. The lowest BCUT2D eigenvalue weighted by Gasteiger charge is -2.10. The molecular weight excluding hydrogens is 354 g/mol. The standard InChI is InChI=1S/C22H25N3OS/c1-4-7-9-13-26-21-14-19(12-11-18(21)15-23)24-22-25-20(16-27-22)17(6-3)10-8-5-2/h5-6,8,10-12,14,16H,3-4,7,9,13H2,1-2H3,(H,24,25)/b8-5-,17-10+. The van der Waals surface area contributed by atoms with Crippen LogP contribution < -0.4 is 10.1 Å². The maximum Gasteiger partial charge on any atom is 0.187 e. The van der Waals surface area contributed by atoms with Gasteiger partial charge in [0.05, 0.1) is 17.9 Å². The number of nitrogens with one attached hydrogen (secondary N) is 1. The molecule has 0 unspecified atom stereocenters. The molecule has 1 aromatic heterocycles. The van der Waals surface area contributed by atoms with E-state index in [0.29, 0.717) is 17.9 Å². The smallest absolute Gasteiger partial charge is 0.187 e. The van der Waals surface area contributed by atoms with Crippen LogP contribution in [0.1, 0.15) is 44.4 Å². The monoisotopic (exact) mass is 379 g/mol. The Kier molecular flexibility index (Phi) is 8.34. The fourth-order valence-corrected chi connectivity index (χ4v) is 3.13. The highest BCUT2D eigenvalue weighted by Gasteiger charge is 2.08. The van der Waals surface area contributed by atoms with Crippen LogP contribution in [0.4, 0.5) is 10.8 Å². The predicted octanol–water partition coefficient (Wildman–Crippen LogP) is 6.47. The highest BCUT2D eigenvalue weighted by Crippen LogP contribution is 2.28. The Bertz CT molecular complexity index is 859. The number of rotatable bonds is 10. The summed E-state index contributed by atoms with van der Waals surface area (Å²) >= 11 is 1.52. The minimum atomic E-state index is 0.542. The van der Waals surface area contributed by atoms with Gasteiger partial charge in [0.15, 0.2) is 5.13 Å². The van der Waals surface area contributed by atoms with Crippen LogP contribution in [0.15, 0.2) is 54.5 Å². The molecule has 4 nitrogen and oxygen atoms in total. The van der Waals surface area contributed by atoms with Gasteiger partial charge in [-0.15, -0.1) is 11.3 Å². The first-order chi connectivity index (χ1) is 13.2. The first-order valence-electron chi connectivity index (χ1n) is 9.07. The Morgan fingerprint density at radius 3 is 2.96 bits per heavy atom. The Hall–Kier alpha value is -2.84. The quantitative estimate of drug-likeness (QED) is 0.379. The van der Waals surface area contributed by atoms with E-state index in [1.807, 2.05) is 42.7 Å². The zero-order valence-corrected chi connectivity index (χ0v) is 16.7. The molecule has 0 bridgehead atoms. The number of aromatic nitrogens is 1. The summed E-state index contributed by atoms with van der Waals surface area (Å²) in [6.45, 7) is 8.59. The van der Waals surface area contributed by atoms with Crippen molar-refractivity contribution in [1.29, 1.82) is 5.26 Å². The van der Waals surface area contributed by atoms with Crippen molar-refractivity contribution < 1.29 is 4.74 Å². The van der Waals surface area contributed by atoms with E-state index >= 15 is 0 Å². The third kappa shape index (κ3) is 6.12. The molecule has 0 saturated carbocycles. The second-order valence-corrected chi connectivity index (χ2v) is 6.75. The number of hydrogen-bond donors (Lipinski definition) is 1. The molecule has 0 amide bonds. The maximum absolute atomic E-state index is 9.28. The minimum Gasteiger partial charge on any atom is -0.492 e. The van der Waals surface area contributed by atoms with Gasteiger partial charge in [-0.2, -0.15) is 5.26 Å². The first-order valence-corrected chi connectivity index (χ1v) is 9.95. The Labute approximate surface area is 165 Å². The lowest BCUT2D eigenvalue weighted by atomic mass is 10.2. The molecule has 0 aliphatic rings. The number of unbranched alkanes of at least 4 members (excludes halogenated alkanes) is 2. The highest BCUT2D eigenvalue weighted by molar-refractivity contribution is 7.13. The van der Waals surface area contributed by atoms with Gasteiger partial charge in [0.1, 0.15) is 11.8 Å². The number of ether oxygens (including phenoxy) is 1. The van der Waals surface area contributed by atoms with Crippen molar-refractivity contribution in [2.75, 3.05) is 11.9 Å². The highest BCUT2D eigenvalue weighted by atomic mass is 32.1. The van der Waals surface area contributed by atoms with Crippen LogP contribution in [0.2, 0.25) is 0 Å². The summed E-state index contributed by atoms with van der Waals surface area (Å²) in [5, 5.41) is 15.3. The van der Waals surface area contributed by atoms with Crippen molar-refractivity contribution in [2.24, 2.45) is 0 Å². The van der Waals surface area contributed by atoms with Crippen molar-refractivity contribution >= 4 is 27.7 Å². The summed E-state index contributed by atoms with van der Waals surface area (Å²) in [5.41, 5.74) is 3.23. The molecule has 2 aromatic rings. The molecule has 1 N–H and O–H groups in total. The number of nitriles is 1. The molecule has 0 fully saturated rings. The fraction of sp³-hybridized carbons (Fsp3) is 0.273. The summed E-state index contributed by atoms with van der Waals surface area (Å²) in [6.07, 6.45) is 10.9. The Morgan fingerprint density at radius 2 is 2.26 bits per heavy atom. The summed E-state index contributed by atoms with van der Waals surface area (Å²) in [5.74, 6) is 0.607. The number of benzene rings is 1. The van der Waals surface area contributed by atoms with E-state index in [9.17, 15) is 5.26 Å². The lowest BCUT2D eigenvalue weighted by Crippen LogP contribution is -2.00. The molecule has 0 radical (unpaired) electrons. The van der Waals surface area contributed by atoms with Crippen LogP contribution >= 0.6 is 11.3 Å². The maximum atomic E-state index is 9.28. The van der Waals surface area contributed by atoms with E-state index in [1.54, 1.807) is 12.1 Å². The van der Waals surface area contributed by atoms with Crippen molar-refractivity contribution in [1.82, 2.24) is 4.98 Å². The average molecular weight is 380 g/mol. The SMILES string of the molecule is C=C/C(=C\C=C/C)c1csc(Nc2ccc(C#N)c(OCCCCC)c2)n1. The third-order valence-corrected chi connectivity index (χ3v) is 4.60. The van der Waals surface area contributed by atoms with Crippen LogP contribution in [0, 0.1) is 11.3 Å². The number of allylic oxidation sites excluding steroid dienone is 5. The average Bonchev–Trinajstić information content (AvgIpc) is 3.14. The van der Waals surface area contributed by atoms with E-state index in [-0.39, 0.29) is 0 Å². The fourth-order valence-electron chi connectivity index (χ4n) is 2.39. The van der Waals surface area contributed by atoms with Crippen molar-refractivity contribution in [3.05, 3.63) is 65.7 Å². The van der Waals surface area contributed by atoms with E-state index in [1.165, 1.54) is 11.3 Å². The number of hydrogen-bond acceptors (Lipinski definition) is 5. The van der Waals surface area contributed by atoms with Gasteiger partial charge in [-0.1, -0.05) is 50.6 Å². The molecule has 0 aliphatic carbocycles. The zero-order valence-electron chi connectivity index (χ0n) is 15.9. The zero-order chi connectivity index (χ0) is 19.5. The summed E-state index contributed by atoms with van der Waals surface area (Å²) in [7, 11) is 0. The van der Waals surface area contributed by atoms with Gasteiger partial charge >= 0.3 is 0 Å². The van der Waals surface area contributed by atoms with Crippen LogP contribution in [-0.2, 0) is 0 Å². The van der Waals surface area contributed by atoms with Gasteiger partial charge in [0.25, 0.3) is 0 Å². The molecule has 0 saturated heterocycles. The van der Waals surface area contributed by atoms with Crippen LogP contribution in [0.5, 0.6) is 5.75 Å². The van der Waals surface area contributed by atoms with Crippen molar-refractivity contribution in [3.8, 4) is 11.8 Å². The summed E-state index contributed by atoms with van der Waals surface area (Å²) < 4.78 is 5.80. The van der Waals surface area contributed by atoms with Gasteiger partial charge in [-0.25, -0.2) is 4.98 Å². The van der Waals surface area contributed by atoms with E-state index in [0.717, 1.165) is 41.3 Å². The molecule has 5 heteroatoms. The summed E-state index contributed by atoms with van der Waals surface area (Å²) in [4.78, 5) is 4.62. The van der Waals surface area contributed by atoms with Gasteiger partial charge < -0.3 is 10.1 Å². The second kappa shape index (κ2) is 11.0. The third-order valence-electron chi connectivity index (χ3n) is 3.85. The molecule has 1 aromatic carbocycles. The molecule has 27 heavy (non-hydrogen) atoms. The van der Waals surface area contributed by atoms with Crippen molar-refractivity contribution in [3.63, 3.8) is 0 Å². The number of nitrogens with zero attached hydrogens (tertiary/aromatic N) is 2. The predicted molar refractivity (Wildman–Crippen MR) is 115 cm³/mol. The van der Waals surface area contributed by atoms with Crippen LogP contribution in [0.25, 0.3) is 5.57 Å². The molecule has 0 spiro atoms. The van der Waals surface area contributed by atoms with E-state index in [2.05, 4.69) is 29.9 Å². The lowest BCUT2D eigenvalue weighted by molar-refractivity contribution is 0.305. The van der Waals surface area contributed by atoms with E-state index in [4.69, 9.17) is 4.74 Å². The van der Waals surface area contributed by atoms with Gasteiger partial charge in [-0.3, -0.25) is 0 Å². The molecule has 0 atom stereocenters. The first kappa shape index (κ1) is 20.5. The van der Waals surface area contributed by atoms with Crippen LogP contribution in [0.3, 0.4) is 0 Å².